The first kappa shape index (κ1) is 21.2. The number of hydrogen-bond donors (Lipinski definition) is 2. The van der Waals surface area contributed by atoms with Gasteiger partial charge in [0.2, 0.25) is 5.91 Å². The van der Waals surface area contributed by atoms with Crippen LogP contribution in [0.15, 0.2) is 29.3 Å². The van der Waals surface area contributed by atoms with Crippen LogP contribution in [0.1, 0.15) is 31.9 Å². The molecule has 6 nitrogen and oxygen atoms in total. The lowest BCUT2D eigenvalue weighted by atomic mass is 9.96. The molecule has 27 heavy (non-hydrogen) atoms. The molecule has 1 fully saturated rings. The Labute approximate surface area is 164 Å². The second-order valence-electron chi connectivity index (χ2n) is 8.23. The predicted octanol–water partition coefficient (Wildman–Crippen LogP) is 1.85. The summed E-state index contributed by atoms with van der Waals surface area (Å²) in [5.41, 5.74) is 2.34. The van der Waals surface area contributed by atoms with Crippen molar-refractivity contribution in [3.63, 3.8) is 0 Å². The Balaban J connectivity index is 1.72. The van der Waals surface area contributed by atoms with Crippen LogP contribution >= 0.6 is 0 Å². The Morgan fingerprint density at radius 1 is 1.11 bits per heavy atom. The molecule has 0 aromatic heterocycles. The van der Waals surface area contributed by atoms with Gasteiger partial charge in [0.1, 0.15) is 0 Å². The minimum atomic E-state index is -0.352. The van der Waals surface area contributed by atoms with Gasteiger partial charge in [-0.25, -0.2) is 0 Å². The van der Waals surface area contributed by atoms with Crippen molar-refractivity contribution in [2.24, 2.45) is 10.4 Å². The summed E-state index contributed by atoms with van der Waals surface area (Å²) in [4.78, 5) is 21.1. The van der Waals surface area contributed by atoms with Crippen molar-refractivity contribution in [3.8, 4) is 0 Å². The molecular formula is C21H35N5O. The molecule has 1 aliphatic rings. The molecule has 1 amide bonds. The highest BCUT2D eigenvalue weighted by Gasteiger charge is 2.21. The fourth-order valence-electron chi connectivity index (χ4n) is 3.13. The zero-order chi connectivity index (χ0) is 19.9. The highest BCUT2D eigenvalue weighted by molar-refractivity contribution is 5.82. The van der Waals surface area contributed by atoms with Gasteiger partial charge in [0, 0.05) is 58.3 Å². The Hall–Kier alpha value is -2.08. The summed E-state index contributed by atoms with van der Waals surface area (Å²) in [6.45, 7) is 14.1. The lowest BCUT2D eigenvalue weighted by Gasteiger charge is -2.36. The lowest BCUT2D eigenvalue weighted by Crippen LogP contribution is -2.53. The molecule has 0 radical (unpaired) electrons. The van der Waals surface area contributed by atoms with Crippen LogP contribution in [0, 0.1) is 12.3 Å². The van der Waals surface area contributed by atoms with Crippen LogP contribution in [0.3, 0.4) is 0 Å². The van der Waals surface area contributed by atoms with Gasteiger partial charge in [0.05, 0.1) is 0 Å². The van der Waals surface area contributed by atoms with Crippen molar-refractivity contribution in [1.29, 1.82) is 0 Å². The van der Waals surface area contributed by atoms with Crippen molar-refractivity contribution >= 4 is 11.9 Å². The third-order valence-electron chi connectivity index (χ3n) is 4.75. The van der Waals surface area contributed by atoms with Gasteiger partial charge in [-0.05, 0) is 12.5 Å². The predicted molar refractivity (Wildman–Crippen MR) is 112 cm³/mol. The van der Waals surface area contributed by atoms with E-state index in [0.29, 0.717) is 13.1 Å². The van der Waals surface area contributed by atoms with E-state index in [4.69, 9.17) is 0 Å². The Morgan fingerprint density at radius 3 is 2.37 bits per heavy atom. The Morgan fingerprint density at radius 2 is 1.78 bits per heavy atom. The number of benzene rings is 1. The van der Waals surface area contributed by atoms with Crippen molar-refractivity contribution < 1.29 is 4.79 Å². The van der Waals surface area contributed by atoms with E-state index >= 15 is 0 Å². The molecule has 2 rings (SSSR count). The van der Waals surface area contributed by atoms with Gasteiger partial charge in [-0.15, -0.1) is 0 Å². The maximum atomic E-state index is 11.9. The quantitative estimate of drug-likeness (QED) is 0.470. The van der Waals surface area contributed by atoms with Gasteiger partial charge in [0.15, 0.2) is 5.96 Å². The molecule has 0 bridgehead atoms. The number of amides is 1. The normalized spacial score (nSPS) is 16.3. The summed E-state index contributed by atoms with van der Waals surface area (Å²) in [6.07, 6.45) is 0. The molecule has 0 spiro atoms. The van der Waals surface area contributed by atoms with Crippen LogP contribution in [0.5, 0.6) is 0 Å². The van der Waals surface area contributed by atoms with Crippen LogP contribution in [0.4, 0.5) is 0 Å². The zero-order valence-corrected chi connectivity index (χ0v) is 17.5. The number of aryl methyl sites for hydroxylation is 1. The summed E-state index contributed by atoms with van der Waals surface area (Å²) in [5, 5.41) is 6.32. The number of carbonyl (C=O) groups is 1. The van der Waals surface area contributed by atoms with E-state index in [-0.39, 0.29) is 11.3 Å². The van der Waals surface area contributed by atoms with Gasteiger partial charge < -0.3 is 15.5 Å². The van der Waals surface area contributed by atoms with Crippen LogP contribution in [0.2, 0.25) is 0 Å². The molecular weight excluding hydrogens is 338 g/mol. The van der Waals surface area contributed by atoms with Crippen molar-refractivity contribution in [2.75, 3.05) is 46.3 Å². The number of nitrogens with one attached hydrogen (secondary N) is 2. The van der Waals surface area contributed by atoms with E-state index in [1.54, 1.807) is 0 Å². The minimum Gasteiger partial charge on any atom is -0.354 e. The smallest absolute Gasteiger partial charge is 0.225 e. The molecule has 1 aromatic rings. The second kappa shape index (κ2) is 9.74. The molecule has 0 atom stereocenters. The molecule has 150 valence electrons. The van der Waals surface area contributed by atoms with Gasteiger partial charge in [-0.3, -0.25) is 14.7 Å². The summed E-state index contributed by atoms with van der Waals surface area (Å²) in [6, 6.07) is 8.73. The van der Waals surface area contributed by atoms with Crippen LogP contribution < -0.4 is 10.6 Å². The molecule has 0 saturated carbocycles. The van der Waals surface area contributed by atoms with E-state index in [9.17, 15) is 4.79 Å². The monoisotopic (exact) mass is 373 g/mol. The number of carbonyl (C=O) groups excluding carboxylic acids is 1. The molecule has 6 heteroatoms. The minimum absolute atomic E-state index is 0.0732. The number of guanidine groups is 1. The lowest BCUT2D eigenvalue weighted by molar-refractivity contribution is -0.128. The average molecular weight is 374 g/mol. The topological polar surface area (TPSA) is 60.0 Å². The van der Waals surface area contributed by atoms with E-state index < -0.39 is 0 Å². The molecule has 1 saturated heterocycles. The fraction of sp³-hybridized carbons (Fsp3) is 0.619. The second-order valence-corrected chi connectivity index (χ2v) is 8.23. The Bertz CT molecular complexity index is 642. The summed E-state index contributed by atoms with van der Waals surface area (Å²) < 4.78 is 0. The van der Waals surface area contributed by atoms with Gasteiger partial charge >= 0.3 is 0 Å². The first-order valence-corrected chi connectivity index (χ1v) is 9.81. The summed E-state index contributed by atoms with van der Waals surface area (Å²) >= 11 is 0. The number of aliphatic imine (C=N–C) groups is 1. The summed E-state index contributed by atoms with van der Waals surface area (Å²) in [5.74, 6) is 0.985. The molecule has 1 aliphatic heterocycles. The van der Waals surface area contributed by atoms with E-state index in [2.05, 4.69) is 56.6 Å². The van der Waals surface area contributed by atoms with Crippen molar-refractivity contribution in [3.05, 3.63) is 35.4 Å². The molecule has 0 unspecified atom stereocenters. The molecule has 2 N–H and O–H groups in total. The number of rotatable bonds is 5. The van der Waals surface area contributed by atoms with Crippen molar-refractivity contribution in [2.45, 2.75) is 34.2 Å². The highest BCUT2D eigenvalue weighted by Crippen LogP contribution is 2.12. The standard InChI is InChI=1S/C21H35N5O/c1-17-7-6-8-18(15-17)16-25-11-13-26(14-12-25)20(22-5)24-10-9-23-19(27)21(2,3)4/h6-8,15H,9-14,16H2,1-5H3,(H,22,24)(H,23,27). The average Bonchev–Trinajstić information content (AvgIpc) is 2.62. The third kappa shape index (κ3) is 6.86. The highest BCUT2D eigenvalue weighted by atomic mass is 16.2. The van der Waals surface area contributed by atoms with E-state index in [1.807, 2.05) is 27.8 Å². The fourth-order valence-corrected chi connectivity index (χ4v) is 3.13. The third-order valence-corrected chi connectivity index (χ3v) is 4.75. The van der Waals surface area contributed by atoms with Crippen molar-refractivity contribution in [1.82, 2.24) is 20.4 Å². The maximum absolute atomic E-state index is 11.9. The molecule has 0 aliphatic carbocycles. The molecule has 1 heterocycles. The number of hydrogen-bond acceptors (Lipinski definition) is 3. The largest absolute Gasteiger partial charge is 0.354 e. The Kier molecular flexibility index (Phi) is 7.66. The van der Waals surface area contributed by atoms with Gasteiger partial charge in [0.25, 0.3) is 0 Å². The van der Waals surface area contributed by atoms with Gasteiger partial charge in [-0.1, -0.05) is 50.6 Å². The van der Waals surface area contributed by atoms with Crippen LogP contribution in [-0.2, 0) is 11.3 Å². The van der Waals surface area contributed by atoms with Crippen LogP contribution in [-0.4, -0.2) is 68.0 Å². The molecule has 1 aromatic carbocycles. The number of nitrogens with zero attached hydrogens (tertiary/aromatic N) is 3. The van der Waals surface area contributed by atoms with Gasteiger partial charge in [-0.2, -0.15) is 0 Å². The van der Waals surface area contributed by atoms with Crippen LogP contribution in [0.25, 0.3) is 0 Å². The zero-order valence-electron chi connectivity index (χ0n) is 17.5. The maximum Gasteiger partial charge on any atom is 0.225 e. The SMILES string of the molecule is CN=C(NCCNC(=O)C(C)(C)C)N1CCN(Cc2cccc(C)c2)CC1. The first-order valence-electron chi connectivity index (χ1n) is 9.81. The summed E-state index contributed by atoms with van der Waals surface area (Å²) in [7, 11) is 1.81. The van der Waals surface area contributed by atoms with E-state index in [0.717, 1.165) is 38.7 Å². The number of piperazine rings is 1. The van der Waals surface area contributed by atoms with E-state index in [1.165, 1.54) is 11.1 Å². The first-order chi connectivity index (χ1) is 12.8.